The summed E-state index contributed by atoms with van der Waals surface area (Å²) in [5, 5.41) is 12.3. The average Bonchev–Trinajstić information content (AvgIpc) is 3.01. The molecular formula is C11H15F3N2. The van der Waals surface area contributed by atoms with Crippen LogP contribution in [0, 0.1) is 17.2 Å². The molecule has 0 atom stereocenters. The molecule has 2 nitrogen and oxygen atoms in total. The summed E-state index contributed by atoms with van der Waals surface area (Å²) < 4.78 is 37.4. The Bertz CT molecular complexity index is 293. The van der Waals surface area contributed by atoms with E-state index < -0.39 is 17.6 Å². The van der Waals surface area contributed by atoms with Crippen LogP contribution in [0.5, 0.6) is 0 Å². The first-order valence-corrected chi connectivity index (χ1v) is 5.71. The highest BCUT2D eigenvalue weighted by molar-refractivity contribution is 5.12. The van der Waals surface area contributed by atoms with Crippen LogP contribution >= 0.6 is 0 Å². The molecule has 0 aromatic heterocycles. The maximum atomic E-state index is 12.5. The summed E-state index contributed by atoms with van der Waals surface area (Å²) in [5.41, 5.74) is -0.692. The molecule has 90 valence electrons. The Morgan fingerprint density at radius 3 is 2.06 bits per heavy atom. The zero-order valence-electron chi connectivity index (χ0n) is 8.98. The van der Waals surface area contributed by atoms with Crippen molar-refractivity contribution in [3.63, 3.8) is 0 Å². The molecule has 0 radical (unpaired) electrons. The lowest BCUT2D eigenvalue weighted by Gasteiger charge is -2.36. The van der Waals surface area contributed by atoms with Crippen molar-refractivity contribution in [2.24, 2.45) is 5.92 Å². The quantitative estimate of drug-likeness (QED) is 0.794. The van der Waals surface area contributed by atoms with E-state index in [4.69, 9.17) is 5.26 Å². The topological polar surface area (TPSA) is 35.8 Å². The van der Waals surface area contributed by atoms with Crippen LogP contribution in [-0.2, 0) is 0 Å². The highest BCUT2D eigenvalue weighted by Gasteiger charge is 2.47. The Kier molecular flexibility index (Phi) is 2.87. The third kappa shape index (κ3) is 2.49. The molecule has 0 spiro atoms. The van der Waals surface area contributed by atoms with E-state index in [2.05, 4.69) is 11.4 Å². The van der Waals surface area contributed by atoms with E-state index in [0.717, 1.165) is 12.8 Å². The van der Waals surface area contributed by atoms with Gasteiger partial charge in [0.15, 0.2) is 0 Å². The zero-order valence-corrected chi connectivity index (χ0v) is 8.98. The molecule has 1 N–H and O–H groups in total. The normalized spacial score (nSPS) is 35.8. The summed E-state index contributed by atoms with van der Waals surface area (Å²) in [7, 11) is 0. The molecule has 2 fully saturated rings. The smallest absolute Gasteiger partial charge is 0.297 e. The first-order valence-electron chi connectivity index (χ1n) is 5.71. The van der Waals surface area contributed by atoms with Crippen LogP contribution in [0.1, 0.15) is 38.5 Å². The fourth-order valence-electron chi connectivity index (χ4n) is 2.34. The van der Waals surface area contributed by atoms with Crippen LogP contribution in [0.4, 0.5) is 13.2 Å². The molecule has 2 rings (SSSR count). The van der Waals surface area contributed by atoms with E-state index in [0.29, 0.717) is 18.9 Å². The number of halogens is 3. The molecule has 0 aromatic carbocycles. The van der Waals surface area contributed by atoms with E-state index in [-0.39, 0.29) is 12.8 Å². The Balaban J connectivity index is 1.93. The number of hydrogen-bond acceptors (Lipinski definition) is 2. The first-order chi connectivity index (χ1) is 7.45. The third-order valence-corrected chi connectivity index (χ3v) is 3.57. The van der Waals surface area contributed by atoms with E-state index >= 15 is 0 Å². The van der Waals surface area contributed by atoms with Crippen LogP contribution < -0.4 is 5.32 Å². The van der Waals surface area contributed by atoms with Gasteiger partial charge >= 0.3 is 6.18 Å². The van der Waals surface area contributed by atoms with Gasteiger partial charge in [0.1, 0.15) is 5.54 Å². The lowest BCUT2D eigenvalue weighted by Crippen LogP contribution is -2.49. The van der Waals surface area contributed by atoms with Gasteiger partial charge in [0.2, 0.25) is 0 Å². The van der Waals surface area contributed by atoms with Gasteiger partial charge in [-0.05, 0) is 38.5 Å². The van der Waals surface area contributed by atoms with Crippen LogP contribution in [0.25, 0.3) is 0 Å². The number of nitrogens with zero attached hydrogens (tertiary/aromatic N) is 1. The van der Waals surface area contributed by atoms with Crippen LogP contribution in [-0.4, -0.2) is 17.8 Å². The van der Waals surface area contributed by atoms with Gasteiger partial charge in [-0.25, -0.2) is 0 Å². The lowest BCUT2D eigenvalue weighted by atomic mass is 9.77. The van der Waals surface area contributed by atoms with Gasteiger partial charge in [0.05, 0.1) is 12.0 Å². The molecule has 0 bridgehead atoms. The molecule has 0 amide bonds. The maximum Gasteiger partial charge on any atom is 0.391 e. The highest BCUT2D eigenvalue weighted by Crippen LogP contribution is 2.41. The van der Waals surface area contributed by atoms with Gasteiger partial charge in [-0.15, -0.1) is 0 Å². The average molecular weight is 232 g/mol. The van der Waals surface area contributed by atoms with Crippen LogP contribution in [0.3, 0.4) is 0 Å². The molecule has 2 aliphatic rings. The van der Waals surface area contributed by atoms with Crippen molar-refractivity contribution in [3.05, 3.63) is 0 Å². The SMILES string of the molecule is N#CC1(NC2CC2)CCC(C(F)(F)F)CC1. The van der Waals surface area contributed by atoms with Crippen molar-refractivity contribution in [2.75, 3.05) is 0 Å². The second-order valence-corrected chi connectivity index (χ2v) is 4.93. The lowest BCUT2D eigenvalue weighted by molar-refractivity contribution is -0.184. The molecule has 0 saturated heterocycles. The molecule has 0 aromatic rings. The Morgan fingerprint density at radius 2 is 1.69 bits per heavy atom. The van der Waals surface area contributed by atoms with Gasteiger partial charge < -0.3 is 0 Å². The Morgan fingerprint density at radius 1 is 1.12 bits per heavy atom. The molecule has 16 heavy (non-hydrogen) atoms. The zero-order chi connectivity index (χ0) is 11.8. The fourth-order valence-corrected chi connectivity index (χ4v) is 2.34. The monoisotopic (exact) mass is 232 g/mol. The Hall–Kier alpha value is -0.760. The van der Waals surface area contributed by atoms with Crippen molar-refractivity contribution in [1.82, 2.24) is 5.32 Å². The number of nitriles is 1. The van der Waals surface area contributed by atoms with E-state index in [1.54, 1.807) is 0 Å². The predicted molar refractivity (Wildman–Crippen MR) is 52.5 cm³/mol. The van der Waals surface area contributed by atoms with Crippen molar-refractivity contribution in [3.8, 4) is 6.07 Å². The summed E-state index contributed by atoms with van der Waals surface area (Å²) in [4.78, 5) is 0. The first kappa shape index (κ1) is 11.7. The highest BCUT2D eigenvalue weighted by atomic mass is 19.4. The molecular weight excluding hydrogens is 217 g/mol. The second kappa shape index (κ2) is 3.92. The predicted octanol–water partition coefficient (Wildman–Crippen LogP) is 2.75. The maximum absolute atomic E-state index is 12.5. The summed E-state index contributed by atoms with van der Waals surface area (Å²) in [6.07, 6.45) is -1.19. The van der Waals surface area contributed by atoms with E-state index in [9.17, 15) is 13.2 Å². The van der Waals surface area contributed by atoms with Gasteiger partial charge in [-0.2, -0.15) is 18.4 Å². The van der Waals surface area contributed by atoms with Crippen LogP contribution in [0.15, 0.2) is 0 Å². The summed E-state index contributed by atoms with van der Waals surface area (Å²) in [6.45, 7) is 0. The molecule has 5 heteroatoms. The summed E-state index contributed by atoms with van der Waals surface area (Å²) in [5.74, 6) is -1.21. The fraction of sp³-hybridized carbons (Fsp3) is 0.909. The number of rotatable bonds is 2. The van der Waals surface area contributed by atoms with E-state index in [1.807, 2.05) is 0 Å². The van der Waals surface area contributed by atoms with Crippen molar-refractivity contribution in [1.29, 1.82) is 5.26 Å². The number of nitrogens with one attached hydrogen (secondary N) is 1. The van der Waals surface area contributed by atoms with Crippen molar-refractivity contribution in [2.45, 2.75) is 56.3 Å². The minimum Gasteiger partial charge on any atom is -0.297 e. The minimum atomic E-state index is -4.10. The van der Waals surface area contributed by atoms with Crippen LogP contribution in [0.2, 0.25) is 0 Å². The molecule has 2 aliphatic carbocycles. The van der Waals surface area contributed by atoms with Crippen molar-refractivity contribution < 1.29 is 13.2 Å². The molecule has 0 aliphatic heterocycles. The minimum absolute atomic E-state index is 0.0801. The largest absolute Gasteiger partial charge is 0.391 e. The summed E-state index contributed by atoms with van der Waals surface area (Å²) in [6, 6.07) is 2.55. The van der Waals surface area contributed by atoms with Gasteiger partial charge in [0, 0.05) is 6.04 Å². The number of alkyl halides is 3. The second-order valence-electron chi connectivity index (χ2n) is 4.93. The molecule has 0 unspecified atom stereocenters. The van der Waals surface area contributed by atoms with Gasteiger partial charge in [0.25, 0.3) is 0 Å². The Labute approximate surface area is 92.8 Å². The third-order valence-electron chi connectivity index (χ3n) is 3.57. The summed E-state index contributed by atoms with van der Waals surface area (Å²) >= 11 is 0. The molecule has 0 heterocycles. The van der Waals surface area contributed by atoms with Gasteiger partial charge in [-0.3, -0.25) is 5.32 Å². The number of hydrogen-bond donors (Lipinski definition) is 1. The standard InChI is InChI=1S/C11H15F3N2/c12-11(13,14)8-3-5-10(7-15,6-4-8)16-9-1-2-9/h8-9,16H,1-6H2. The van der Waals surface area contributed by atoms with Crippen molar-refractivity contribution >= 4 is 0 Å². The van der Waals surface area contributed by atoms with Gasteiger partial charge in [-0.1, -0.05) is 0 Å². The van der Waals surface area contributed by atoms with E-state index in [1.165, 1.54) is 0 Å². The molecule has 2 saturated carbocycles.